The van der Waals surface area contributed by atoms with Crippen molar-refractivity contribution in [2.24, 2.45) is 0 Å². The van der Waals surface area contributed by atoms with Gasteiger partial charge in [-0.2, -0.15) is 0 Å². The molecule has 0 atom stereocenters. The summed E-state index contributed by atoms with van der Waals surface area (Å²) < 4.78 is 32.3. The molecule has 0 aliphatic carbocycles. The van der Waals surface area contributed by atoms with Gasteiger partial charge in [0.15, 0.2) is 0 Å². The summed E-state index contributed by atoms with van der Waals surface area (Å²) in [7, 11) is -3.17. The number of hydrogen-bond acceptors (Lipinski definition) is 3. The van der Waals surface area contributed by atoms with E-state index in [0.717, 1.165) is 34.2 Å². The first-order valence-corrected chi connectivity index (χ1v) is 11.0. The van der Waals surface area contributed by atoms with Crippen LogP contribution in [0.25, 0.3) is 10.9 Å². The minimum Gasteiger partial charge on any atom is -0.489 e. The third-order valence-electron chi connectivity index (χ3n) is 4.47. The number of nitrogens with one attached hydrogen (secondary N) is 2. The molecule has 2 aromatic carbocycles. The molecular weight excluding hydrogens is 360 g/mol. The van der Waals surface area contributed by atoms with Gasteiger partial charge in [-0.25, -0.2) is 13.1 Å². The molecule has 0 aliphatic heterocycles. The smallest absolute Gasteiger partial charge is 0.211 e. The van der Waals surface area contributed by atoms with Crippen LogP contribution in [0.5, 0.6) is 5.75 Å². The molecule has 0 radical (unpaired) electrons. The number of rotatable bonds is 10. The van der Waals surface area contributed by atoms with Gasteiger partial charge in [-0.1, -0.05) is 43.7 Å². The van der Waals surface area contributed by atoms with Crippen LogP contribution in [-0.4, -0.2) is 25.7 Å². The summed E-state index contributed by atoms with van der Waals surface area (Å²) >= 11 is 0. The molecule has 0 aliphatic rings. The van der Waals surface area contributed by atoms with Crippen molar-refractivity contribution in [1.82, 2.24) is 9.71 Å². The van der Waals surface area contributed by atoms with E-state index in [-0.39, 0.29) is 5.75 Å². The molecule has 0 bridgehead atoms. The number of H-pyrrole nitrogens is 1. The lowest BCUT2D eigenvalue weighted by atomic mass is 10.1. The molecule has 2 N–H and O–H groups in total. The van der Waals surface area contributed by atoms with Crippen molar-refractivity contribution in [2.45, 2.75) is 32.8 Å². The average Bonchev–Trinajstić information content (AvgIpc) is 3.08. The third kappa shape index (κ3) is 5.58. The number of hydrogen-bond donors (Lipinski definition) is 2. The number of ether oxygens (including phenoxy) is 1. The first-order chi connectivity index (χ1) is 13.1. The zero-order valence-corrected chi connectivity index (χ0v) is 16.4. The Morgan fingerprint density at radius 3 is 2.70 bits per heavy atom. The van der Waals surface area contributed by atoms with Crippen LogP contribution in [0.1, 0.15) is 30.9 Å². The fourth-order valence-electron chi connectivity index (χ4n) is 2.95. The van der Waals surface area contributed by atoms with Crippen molar-refractivity contribution in [1.29, 1.82) is 0 Å². The van der Waals surface area contributed by atoms with Gasteiger partial charge in [0.25, 0.3) is 0 Å². The van der Waals surface area contributed by atoms with E-state index >= 15 is 0 Å². The SMILES string of the molecule is CCCCS(=O)(=O)NCCc1c[nH]c2cc(OCc3ccccc3)ccc12. The fourth-order valence-corrected chi connectivity index (χ4v) is 4.18. The van der Waals surface area contributed by atoms with E-state index < -0.39 is 10.0 Å². The zero-order chi connectivity index (χ0) is 19.1. The highest BCUT2D eigenvalue weighted by molar-refractivity contribution is 7.89. The quantitative estimate of drug-likeness (QED) is 0.553. The van der Waals surface area contributed by atoms with Gasteiger partial charge < -0.3 is 9.72 Å². The van der Waals surface area contributed by atoms with Crippen LogP contribution in [0, 0.1) is 0 Å². The number of unbranched alkanes of at least 4 members (excludes halogenated alkanes) is 1. The minimum atomic E-state index is -3.17. The Balaban J connectivity index is 1.58. The monoisotopic (exact) mass is 386 g/mol. The number of benzene rings is 2. The predicted octanol–water partition coefficient (Wildman–Crippen LogP) is 4.01. The fraction of sp³-hybridized carbons (Fsp3) is 0.333. The van der Waals surface area contributed by atoms with Gasteiger partial charge in [-0.05, 0) is 36.1 Å². The molecule has 144 valence electrons. The van der Waals surface area contributed by atoms with Crippen molar-refractivity contribution < 1.29 is 13.2 Å². The van der Waals surface area contributed by atoms with Crippen LogP contribution in [0.2, 0.25) is 0 Å². The largest absolute Gasteiger partial charge is 0.489 e. The van der Waals surface area contributed by atoms with Gasteiger partial charge >= 0.3 is 0 Å². The molecule has 3 aromatic rings. The van der Waals surface area contributed by atoms with Crippen molar-refractivity contribution in [3.05, 3.63) is 65.9 Å². The first kappa shape index (κ1) is 19.5. The highest BCUT2D eigenvalue weighted by Crippen LogP contribution is 2.24. The standard InChI is InChI=1S/C21H26N2O3S/c1-2-3-13-27(24,25)23-12-11-18-15-22-21-14-19(9-10-20(18)21)26-16-17-7-5-4-6-8-17/h4-10,14-15,22-23H,2-3,11-13,16H2,1H3. The molecule has 0 saturated carbocycles. The van der Waals surface area contributed by atoms with E-state index in [4.69, 9.17) is 4.74 Å². The molecule has 0 saturated heterocycles. The molecule has 0 fully saturated rings. The van der Waals surface area contributed by atoms with Crippen molar-refractivity contribution in [3.63, 3.8) is 0 Å². The van der Waals surface area contributed by atoms with E-state index in [0.29, 0.717) is 26.0 Å². The molecule has 27 heavy (non-hydrogen) atoms. The molecular formula is C21H26N2O3S. The minimum absolute atomic E-state index is 0.194. The van der Waals surface area contributed by atoms with Crippen LogP contribution in [0.4, 0.5) is 0 Å². The van der Waals surface area contributed by atoms with E-state index in [1.165, 1.54) is 0 Å². The maximum absolute atomic E-state index is 11.9. The van der Waals surface area contributed by atoms with E-state index in [1.807, 2.05) is 61.7 Å². The molecule has 1 heterocycles. The Labute approximate surface area is 160 Å². The predicted molar refractivity (Wildman–Crippen MR) is 109 cm³/mol. The van der Waals surface area contributed by atoms with Crippen LogP contribution in [-0.2, 0) is 23.1 Å². The first-order valence-electron chi connectivity index (χ1n) is 9.31. The Morgan fingerprint density at radius 2 is 1.93 bits per heavy atom. The van der Waals surface area contributed by atoms with Crippen molar-refractivity contribution in [3.8, 4) is 5.75 Å². The Bertz CT molecular complexity index is 966. The molecule has 6 heteroatoms. The maximum Gasteiger partial charge on any atom is 0.211 e. The lowest BCUT2D eigenvalue weighted by molar-refractivity contribution is 0.306. The second kappa shape index (κ2) is 9.06. The number of sulfonamides is 1. The topological polar surface area (TPSA) is 71.2 Å². The molecule has 0 amide bonds. The second-order valence-corrected chi connectivity index (χ2v) is 8.54. The highest BCUT2D eigenvalue weighted by Gasteiger charge is 2.10. The third-order valence-corrected chi connectivity index (χ3v) is 5.94. The number of fused-ring (bicyclic) bond motifs is 1. The van der Waals surface area contributed by atoms with Gasteiger partial charge in [-0.3, -0.25) is 0 Å². The lowest BCUT2D eigenvalue weighted by Gasteiger charge is -2.07. The van der Waals surface area contributed by atoms with Crippen molar-refractivity contribution in [2.75, 3.05) is 12.3 Å². The van der Waals surface area contributed by atoms with Gasteiger partial charge in [0, 0.05) is 29.7 Å². The van der Waals surface area contributed by atoms with Crippen LogP contribution < -0.4 is 9.46 Å². The number of aromatic nitrogens is 1. The Kier molecular flexibility index (Phi) is 6.53. The Morgan fingerprint density at radius 1 is 1.11 bits per heavy atom. The number of aromatic amines is 1. The van der Waals surface area contributed by atoms with Gasteiger partial charge in [-0.15, -0.1) is 0 Å². The summed E-state index contributed by atoms with van der Waals surface area (Å²) in [6.07, 6.45) is 4.15. The molecule has 0 spiro atoms. The second-order valence-electron chi connectivity index (χ2n) is 6.61. The molecule has 5 nitrogen and oxygen atoms in total. The Hall–Kier alpha value is -2.31. The van der Waals surface area contributed by atoms with Crippen LogP contribution >= 0.6 is 0 Å². The molecule has 1 aromatic heterocycles. The van der Waals surface area contributed by atoms with Crippen LogP contribution in [0.3, 0.4) is 0 Å². The van der Waals surface area contributed by atoms with Gasteiger partial charge in [0.2, 0.25) is 10.0 Å². The van der Waals surface area contributed by atoms with Gasteiger partial charge in [0.1, 0.15) is 12.4 Å². The summed E-state index contributed by atoms with van der Waals surface area (Å²) in [5.41, 5.74) is 3.21. The molecule has 0 unspecified atom stereocenters. The van der Waals surface area contributed by atoms with Gasteiger partial charge in [0.05, 0.1) is 5.75 Å². The summed E-state index contributed by atoms with van der Waals surface area (Å²) in [4.78, 5) is 3.25. The lowest BCUT2D eigenvalue weighted by Crippen LogP contribution is -2.28. The zero-order valence-electron chi connectivity index (χ0n) is 15.6. The normalized spacial score (nSPS) is 11.7. The van der Waals surface area contributed by atoms with E-state index in [2.05, 4.69) is 9.71 Å². The van der Waals surface area contributed by atoms with Crippen LogP contribution in [0.15, 0.2) is 54.7 Å². The van der Waals surface area contributed by atoms with E-state index in [1.54, 1.807) is 0 Å². The maximum atomic E-state index is 11.9. The summed E-state index contributed by atoms with van der Waals surface area (Å²) in [6.45, 7) is 2.92. The summed E-state index contributed by atoms with van der Waals surface area (Å²) in [6, 6.07) is 16.0. The summed E-state index contributed by atoms with van der Waals surface area (Å²) in [5, 5.41) is 1.09. The van der Waals surface area contributed by atoms with Crippen molar-refractivity contribution >= 4 is 20.9 Å². The highest BCUT2D eigenvalue weighted by atomic mass is 32.2. The molecule has 3 rings (SSSR count). The summed E-state index contributed by atoms with van der Waals surface area (Å²) in [5.74, 6) is 1.000. The average molecular weight is 387 g/mol. The van der Waals surface area contributed by atoms with E-state index in [9.17, 15) is 8.42 Å².